The smallest absolute Gasteiger partial charge is 0.255 e. The van der Waals surface area contributed by atoms with E-state index in [9.17, 15) is 0 Å². The summed E-state index contributed by atoms with van der Waals surface area (Å²) in [5.74, 6) is 1.31. The quantitative estimate of drug-likeness (QED) is 0.751. The number of nitrogens with zero attached hydrogens (tertiary/aromatic N) is 4. The van der Waals surface area contributed by atoms with E-state index >= 15 is 0 Å². The lowest BCUT2D eigenvalue weighted by molar-refractivity contribution is 0.834. The van der Waals surface area contributed by atoms with Crippen LogP contribution in [0.4, 0.5) is 5.82 Å². The lowest BCUT2D eigenvalue weighted by Gasteiger charge is -2.18. The summed E-state index contributed by atoms with van der Waals surface area (Å²) in [6, 6.07) is 8.55. The summed E-state index contributed by atoms with van der Waals surface area (Å²) < 4.78 is 1.67. The Morgan fingerprint density at radius 1 is 1.19 bits per heavy atom. The molecule has 0 bridgehead atoms. The predicted octanol–water partition coefficient (Wildman–Crippen LogP) is 3.57. The largest absolute Gasteiger partial charge is 0.363 e. The second-order valence-corrected chi connectivity index (χ2v) is 5.48. The zero-order valence-electron chi connectivity index (χ0n) is 12.1. The van der Waals surface area contributed by atoms with Gasteiger partial charge in [-0.15, -0.1) is 0 Å². The molecule has 0 aliphatic carbocycles. The first-order valence-corrected chi connectivity index (χ1v) is 7.13. The number of aromatic nitrogens is 4. The SMILES string of the molecule is Cc1ccc(C(C)Nc2c(C)c(Cl)nc3ncnn23)cc1. The van der Waals surface area contributed by atoms with Crippen LogP contribution in [0.25, 0.3) is 5.78 Å². The summed E-state index contributed by atoms with van der Waals surface area (Å²) in [6.45, 7) is 6.09. The summed E-state index contributed by atoms with van der Waals surface area (Å²) in [7, 11) is 0. The van der Waals surface area contributed by atoms with Crippen LogP contribution in [-0.2, 0) is 0 Å². The van der Waals surface area contributed by atoms with Crippen LogP contribution in [0.1, 0.15) is 29.7 Å². The van der Waals surface area contributed by atoms with E-state index in [-0.39, 0.29) is 6.04 Å². The Kier molecular flexibility index (Phi) is 3.51. The summed E-state index contributed by atoms with van der Waals surface area (Å²) in [5.41, 5.74) is 3.29. The number of rotatable bonds is 3. The van der Waals surface area contributed by atoms with Crippen LogP contribution < -0.4 is 5.32 Å². The molecule has 5 nitrogen and oxygen atoms in total. The lowest BCUT2D eigenvalue weighted by atomic mass is 10.1. The number of benzene rings is 1. The molecular weight excluding hydrogens is 286 g/mol. The molecule has 1 N–H and O–H groups in total. The van der Waals surface area contributed by atoms with E-state index in [1.165, 1.54) is 17.5 Å². The third-order valence-electron chi connectivity index (χ3n) is 3.53. The van der Waals surface area contributed by atoms with E-state index < -0.39 is 0 Å². The molecule has 0 spiro atoms. The maximum atomic E-state index is 6.17. The fraction of sp³-hybridized carbons (Fsp3) is 0.267. The van der Waals surface area contributed by atoms with Gasteiger partial charge in [0.25, 0.3) is 5.78 Å². The van der Waals surface area contributed by atoms with Crippen molar-refractivity contribution in [2.24, 2.45) is 0 Å². The Morgan fingerprint density at radius 2 is 1.90 bits per heavy atom. The van der Waals surface area contributed by atoms with Crippen LogP contribution in [0, 0.1) is 13.8 Å². The number of hydrogen-bond acceptors (Lipinski definition) is 4. The average molecular weight is 302 g/mol. The molecule has 2 heterocycles. The lowest BCUT2D eigenvalue weighted by Crippen LogP contribution is -2.13. The molecule has 0 saturated heterocycles. The summed E-state index contributed by atoms with van der Waals surface area (Å²) in [4.78, 5) is 8.29. The molecule has 0 radical (unpaired) electrons. The summed E-state index contributed by atoms with van der Waals surface area (Å²) in [5, 5.41) is 8.09. The topological polar surface area (TPSA) is 55.1 Å². The van der Waals surface area contributed by atoms with Gasteiger partial charge in [0.2, 0.25) is 0 Å². The zero-order valence-corrected chi connectivity index (χ0v) is 12.9. The third-order valence-corrected chi connectivity index (χ3v) is 3.90. The second-order valence-electron chi connectivity index (χ2n) is 5.12. The molecule has 0 aliphatic rings. The molecule has 0 saturated carbocycles. The number of nitrogens with one attached hydrogen (secondary N) is 1. The molecule has 1 aromatic carbocycles. The number of halogens is 1. The Hall–Kier alpha value is -2.14. The molecule has 0 fully saturated rings. The second kappa shape index (κ2) is 5.33. The van der Waals surface area contributed by atoms with Gasteiger partial charge in [-0.1, -0.05) is 41.4 Å². The number of anilines is 1. The Labute approximate surface area is 128 Å². The first-order chi connectivity index (χ1) is 10.1. The monoisotopic (exact) mass is 301 g/mol. The first kappa shape index (κ1) is 13.8. The van der Waals surface area contributed by atoms with Gasteiger partial charge in [0.1, 0.15) is 17.3 Å². The molecule has 6 heteroatoms. The molecule has 2 aromatic heterocycles. The van der Waals surface area contributed by atoms with Gasteiger partial charge in [0.15, 0.2) is 0 Å². The Balaban J connectivity index is 1.99. The highest BCUT2D eigenvalue weighted by Crippen LogP contribution is 2.26. The van der Waals surface area contributed by atoms with Crippen molar-refractivity contribution in [1.82, 2.24) is 19.6 Å². The van der Waals surface area contributed by atoms with Gasteiger partial charge in [0, 0.05) is 11.6 Å². The van der Waals surface area contributed by atoms with Gasteiger partial charge in [-0.2, -0.15) is 19.6 Å². The standard InChI is InChI=1S/C15H16ClN5/c1-9-4-6-12(7-5-9)11(3)19-14-10(2)13(16)20-15-17-8-18-21(14)15/h4-8,11,19H,1-3H3. The van der Waals surface area contributed by atoms with Gasteiger partial charge in [-0.3, -0.25) is 0 Å². The van der Waals surface area contributed by atoms with Crippen LogP contribution in [0.3, 0.4) is 0 Å². The molecule has 21 heavy (non-hydrogen) atoms. The van der Waals surface area contributed by atoms with Crippen molar-refractivity contribution in [2.75, 3.05) is 5.32 Å². The average Bonchev–Trinajstić information content (AvgIpc) is 2.92. The van der Waals surface area contributed by atoms with Crippen molar-refractivity contribution in [1.29, 1.82) is 0 Å². The van der Waals surface area contributed by atoms with Crippen LogP contribution in [0.15, 0.2) is 30.6 Å². The van der Waals surface area contributed by atoms with Gasteiger partial charge in [-0.05, 0) is 26.3 Å². The fourth-order valence-electron chi connectivity index (χ4n) is 2.21. The van der Waals surface area contributed by atoms with E-state index in [1.54, 1.807) is 4.52 Å². The first-order valence-electron chi connectivity index (χ1n) is 6.75. The van der Waals surface area contributed by atoms with Crippen molar-refractivity contribution >= 4 is 23.2 Å². The van der Waals surface area contributed by atoms with Gasteiger partial charge in [0.05, 0.1) is 0 Å². The molecule has 3 rings (SSSR count). The minimum Gasteiger partial charge on any atom is -0.363 e. The van der Waals surface area contributed by atoms with Crippen LogP contribution in [0.5, 0.6) is 0 Å². The molecule has 3 aromatic rings. The zero-order chi connectivity index (χ0) is 15.0. The van der Waals surface area contributed by atoms with E-state index in [2.05, 4.69) is 58.5 Å². The van der Waals surface area contributed by atoms with Crippen LogP contribution in [-0.4, -0.2) is 19.6 Å². The van der Waals surface area contributed by atoms with E-state index in [1.807, 2.05) is 6.92 Å². The fourth-order valence-corrected chi connectivity index (χ4v) is 2.38. The maximum absolute atomic E-state index is 6.17. The van der Waals surface area contributed by atoms with Crippen molar-refractivity contribution in [3.63, 3.8) is 0 Å². The van der Waals surface area contributed by atoms with Gasteiger partial charge in [-0.25, -0.2) is 0 Å². The maximum Gasteiger partial charge on any atom is 0.255 e. The Morgan fingerprint density at radius 3 is 2.62 bits per heavy atom. The Bertz CT molecular complexity index is 779. The highest BCUT2D eigenvalue weighted by Gasteiger charge is 2.15. The van der Waals surface area contributed by atoms with E-state index in [0.29, 0.717) is 10.9 Å². The number of hydrogen-bond donors (Lipinski definition) is 1. The molecular formula is C15H16ClN5. The highest BCUT2D eigenvalue weighted by atomic mass is 35.5. The normalized spacial score (nSPS) is 12.6. The minimum absolute atomic E-state index is 0.121. The summed E-state index contributed by atoms with van der Waals surface area (Å²) >= 11 is 6.17. The summed E-state index contributed by atoms with van der Waals surface area (Å²) in [6.07, 6.45) is 1.47. The third kappa shape index (κ3) is 2.56. The number of fused-ring (bicyclic) bond motifs is 1. The predicted molar refractivity (Wildman–Crippen MR) is 83.7 cm³/mol. The van der Waals surface area contributed by atoms with Crippen LogP contribution in [0.2, 0.25) is 5.15 Å². The molecule has 1 unspecified atom stereocenters. The van der Waals surface area contributed by atoms with Gasteiger partial charge < -0.3 is 5.32 Å². The van der Waals surface area contributed by atoms with Crippen molar-refractivity contribution in [3.05, 3.63) is 52.4 Å². The molecule has 0 amide bonds. The van der Waals surface area contributed by atoms with Crippen LogP contribution >= 0.6 is 11.6 Å². The van der Waals surface area contributed by atoms with Crippen molar-refractivity contribution in [2.45, 2.75) is 26.8 Å². The molecule has 1 atom stereocenters. The van der Waals surface area contributed by atoms with Crippen molar-refractivity contribution < 1.29 is 0 Å². The van der Waals surface area contributed by atoms with Gasteiger partial charge >= 0.3 is 0 Å². The number of aryl methyl sites for hydroxylation is 1. The highest BCUT2D eigenvalue weighted by molar-refractivity contribution is 6.30. The van der Waals surface area contributed by atoms with Crippen molar-refractivity contribution in [3.8, 4) is 0 Å². The molecule has 0 aliphatic heterocycles. The minimum atomic E-state index is 0.121. The molecule has 108 valence electrons. The van der Waals surface area contributed by atoms with E-state index in [4.69, 9.17) is 11.6 Å². The van der Waals surface area contributed by atoms with E-state index in [0.717, 1.165) is 11.4 Å².